The Kier molecular flexibility index (Phi) is 11.9. The molecule has 0 spiro atoms. The fourth-order valence-electron chi connectivity index (χ4n) is 18.4. The summed E-state index contributed by atoms with van der Waals surface area (Å²) in [5, 5.41) is 27.1. The zero-order valence-electron chi connectivity index (χ0n) is 58.2. The third-order valence-electron chi connectivity index (χ3n) is 23.4. The Bertz CT molecular complexity index is 7040. The Balaban J connectivity index is 0.900. The minimum Gasteiger partial charge on any atom is -0.456 e. The molecule has 2 aliphatic heterocycles. The Hall–Kier alpha value is -12.4. The van der Waals surface area contributed by atoms with Crippen LogP contribution in [0.3, 0.4) is 0 Å². The van der Waals surface area contributed by atoms with Crippen LogP contribution < -0.4 is 26.2 Å². The van der Waals surface area contributed by atoms with Crippen molar-refractivity contribution in [1.29, 1.82) is 0 Å². The summed E-state index contributed by atoms with van der Waals surface area (Å²) in [5.74, 6) is 0. The van der Waals surface area contributed by atoms with Crippen molar-refractivity contribution < 1.29 is 4.42 Å². The fraction of sp³-hybridized carbons (Fsp3) is 0.0816. The van der Waals surface area contributed by atoms with Crippen LogP contribution in [0, 0.1) is 0 Å². The van der Waals surface area contributed by atoms with Crippen LogP contribution in [-0.2, 0) is 10.8 Å². The van der Waals surface area contributed by atoms with Gasteiger partial charge in [0.25, 0.3) is 6.71 Å². The summed E-state index contributed by atoms with van der Waals surface area (Å²) < 4.78 is 9.39. The lowest BCUT2D eigenvalue weighted by atomic mass is 9.33. The standard InChI is InChI=1S/C98H68BN3O/c1-97(2,3)59-36-45-88-84(50-59)85-51-60(98(4,5)6)37-46-89(85)100(88)63-40-44-86-90(54-63)101(61-38-42-76-70-27-9-7-21-64(70)66-23-11-15-29-72(66)80(76)52-61)92-47-58(57-35-41-79-78-33-19-20-34-94(78)103-95(79)49-57)48-93-96(92)99(86)87-55-82-74-31-17-13-25-68(74)69-26-14-18-32-75(69)83(82)56-91(87)102(93)62-39-43-77-71-28-10-8-22-65(71)67-24-12-16-30-73(67)81(77)53-62/h7-56H,1-6H3. The highest BCUT2D eigenvalue weighted by atomic mass is 16.3. The van der Waals surface area contributed by atoms with E-state index in [0.29, 0.717) is 0 Å². The van der Waals surface area contributed by atoms with Crippen molar-refractivity contribution >= 4 is 198 Å². The van der Waals surface area contributed by atoms with E-state index in [9.17, 15) is 0 Å². The summed E-state index contributed by atoms with van der Waals surface area (Å²) in [6.45, 7) is 13.8. The second-order valence-corrected chi connectivity index (χ2v) is 31.1. The molecule has 484 valence electrons. The maximum absolute atomic E-state index is 6.84. The highest BCUT2D eigenvalue weighted by Crippen LogP contribution is 2.52. The molecule has 0 N–H and O–H groups in total. The van der Waals surface area contributed by atoms with Gasteiger partial charge in [0.2, 0.25) is 0 Å². The van der Waals surface area contributed by atoms with Crippen LogP contribution >= 0.6 is 0 Å². The van der Waals surface area contributed by atoms with E-state index in [1.54, 1.807) is 0 Å². The first kappa shape index (κ1) is 58.4. The molecule has 4 nitrogen and oxygen atoms in total. The molecule has 4 heterocycles. The normalized spacial score (nSPS) is 13.3. The highest BCUT2D eigenvalue weighted by molar-refractivity contribution is 7.00. The van der Waals surface area contributed by atoms with Gasteiger partial charge in [-0.1, -0.05) is 248 Å². The summed E-state index contributed by atoms with van der Waals surface area (Å²) in [4.78, 5) is 5.30. The van der Waals surface area contributed by atoms with Gasteiger partial charge in [0.05, 0.1) is 11.0 Å². The number of hydrogen-bond donors (Lipinski definition) is 0. The van der Waals surface area contributed by atoms with Crippen LogP contribution in [0.1, 0.15) is 52.7 Å². The number of hydrogen-bond acceptors (Lipinski definition) is 3. The van der Waals surface area contributed by atoms with Crippen molar-refractivity contribution in [2.75, 3.05) is 9.80 Å². The van der Waals surface area contributed by atoms with Gasteiger partial charge in [-0.05, 0) is 243 Å². The first-order valence-electron chi connectivity index (χ1n) is 36.3. The van der Waals surface area contributed by atoms with Crippen LogP contribution in [0.4, 0.5) is 34.1 Å². The summed E-state index contributed by atoms with van der Waals surface area (Å²) in [6.07, 6.45) is 0. The maximum atomic E-state index is 6.84. The van der Waals surface area contributed by atoms with Gasteiger partial charge in [-0.25, -0.2) is 0 Å². The van der Waals surface area contributed by atoms with E-state index >= 15 is 0 Å². The topological polar surface area (TPSA) is 24.6 Å². The molecule has 0 aliphatic carbocycles. The average molecular weight is 1310 g/mol. The SMILES string of the molecule is CC(C)(C)c1ccc2c(c1)c1cc(C(C)(C)C)ccc1n2-c1ccc2c(c1)N(c1ccc3c4ccccc4c4ccccc4c3c1)c1cc(-c3ccc4c(c3)oc3ccccc34)cc3c1B2c1cc2c4ccccc4c4ccccc4c2cc1N3c1ccc2c3ccccc3c3ccccc3c2c1. The second kappa shape index (κ2) is 21.1. The molecule has 2 aliphatic rings. The molecule has 2 aromatic heterocycles. The fourth-order valence-corrected chi connectivity index (χ4v) is 18.4. The van der Waals surface area contributed by atoms with E-state index < -0.39 is 0 Å². The Morgan fingerprint density at radius 3 is 1.07 bits per heavy atom. The zero-order valence-corrected chi connectivity index (χ0v) is 58.2. The lowest BCUT2D eigenvalue weighted by Gasteiger charge is -2.45. The van der Waals surface area contributed by atoms with E-state index in [1.165, 1.54) is 146 Å². The first-order chi connectivity index (χ1) is 50.3. The quantitative estimate of drug-likeness (QED) is 0.130. The number of rotatable bonds is 4. The second-order valence-electron chi connectivity index (χ2n) is 31.1. The Labute approximate surface area is 596 Å². The molecule has 0 bridgehead atoms. The summed E-state index contributed by atoms with van der Waals surface area (Å²) in [5.41, 5.74) is 20.4. The molecular weight excluding hydrogens is 1250 g/mol. The largest absolute Gasteiger partial charge is 0.456 e. The van der Waals surface area contributed by atoms with E-state index in [1.807, 2.05) is 0 Å². The van der Waals surface area contributed by atoms with Crippen molar-refractivity contribution in [3.8, 4) is 16.8 Å². The van der Waals surface area contributed by atoms with Crippen LogP contribution in [0.5, 0.6) is 0 Å². The molecule has 0 saturated carbocycles. The van der Waals surface area contributed by atoms with Crippen LogP contribution in [-0.4, -0.2) is 11.3 Å². The van der Waals surface area contributed by atoms with E-state index in [4.69, 9.17) is 4.42 Å². The van der Waals surface area contributed by atoms with Gasteiger partial charge in [-0.2, -0.15) is 0 Å². The lowest BCUT2D eigenvalue weighted by molar-refractivity contribution is 0.590. The number of anilines is 6. The predicted octanol–water partition coefficient (Wildman–Crippen LogP) is 25.4. The summed E-state index contributed by atoms with van der Waals surface area (Å²) in [7, 11) is 0. The number of nitrogens with zero attached hydrogens (tertiary/aromatic N) is 3. The van der Waals surface area contributed by atoms with Gasteiger partial charge in [-0.3, -0.25) is 0 Å². The van der Waals surface area contributed by atoms with Crippen molar-refractivity contribution in [2.45, 2.75) is 52.4 Å². The smallest absolute Gasteiger partial charge is 0.252 e. The maximum Gasteiger partial charge on any atom is 0.252 e. The monoisotopic (exact) mass is 1310 g/mol. The molecule has 0 fully saturated rings. The molecule has 103 heavy (non-hydrogen) atoms. The van der Waals surface area contributed by atoms with Gasteiger partial charge in [0, 0.05) is 61.4 Å². The van der Waals surface area contributed by atoms with E-state index in [0.717, 1.165) is 72.9 Å². The molecule has 22 rings (SSSR count). The first-order valence-corrected chi connectivity index (χ1v) is 36.3. The third kappa shape index (κ3) is 8.36. The minimum atomic E-state index is -0.226. The van der Waals surface area contributed by atoms with Crippen LogP contribution in [0.2, 0.25) is 0 Å². The molecule has 0 atom stereocenters. The van der Waals surface area contributed by atoms with Crippen LogP contribution in [0.15, 0.2) is 308 Å². The minimum absolute atomic E-state index is 0.0505. The van der Waals surface area contributed by atoms with E-state index in [2.05, 4.69) is 359 Å². The van der Waals surface area contributed by atoms with Crippen molar-refractivity contribution in [3.63, 3.8) is 0 Å². The number of fused-ring (bicyclic) bond motifs is 28. The highest BCUT2D eigenvalue weighted by Gasteiger charge is 2.45. The van der Waals surface area contributed by atoms with Gasteiger partial charge in [-0.15, -0.1) is 0 Å². The summed E-state index contributed by atoms with van der Waals surface area (Å²) in [6, 6.07) is 116. The number of para-hydroxylation sites is 1. The summed E-state index contributed by atoms with van der Waals surface area (Å²) >= 11 is 0. The molecule has 5 heteroatoms. The van der Waals surface area contributed by atoms with Crippen LogP contribution in [0.25, 0.3) is 158 Å². The lowest BCUT2D eigenvalue weighted by Crippen LogP contribution is -2.61. The molecule has 0 saturated heterocycles. The van der Waals surface area contributed by atoms with Crippen molar-refractivity contribution in [1.82, 2.24) is 4.57 Å². The number of benzene rings is 18. The molecule has 20 aromatic rings. The van der Waals surface area contributed by atoms with Crippen molar-refractivity contribution in [2.24, 2.45) is 0 Å². The molecule has 18 aromatic carbocycles. The third-order valence-corrected chi connectivity index (χ3v) is 23.4. The van der Waals surface area contributed by atoms with Gasteiger partial charge >= 0.3 is 0 Å². The van der Waals surface area contributed by atoms with E-state index in [-0.39, 0.29) is 17.5 Å². The predicted molar refractivity (Wildman–Crippen MR) is 442 cm³/mol. The zero-order chi connectivity index (χ0) is 68.5. The van der Waals surface area contributed by atoms with Gasteiger partial charge in [0.15, 0.2) is 0 Å². The Morgan fingerprint density at radius 1 is 0.243 bits per heavy atom. The Morgan fingerprint density at radius 2 is 0.612 bits per heavy atom. The average Bonchev–Trinajstić information content (AvgIpc) is 1.02. The number of furan rings is 1. The van der Waals surface area contributed by atoms with Gasteiger partial charge < -0.3 is 18.8 Å². The molecule has 0 radical (unpaired) electrons. The van der Waals surface area contributed by atoms with Crippen molar-refractivity contribution in [3.05, 3.63) is 314 Å². The van der Waals surface area contributed by atoms with Gasteiger partial charge in [0.1, 0.15) is 11.2 Å². The molecular formula is C98H68BN3O. The molecule has 0 unspecified atom stereocenters. The number of aromatic nitrogens is 1. The molecule has 0 amide bonds.